The summed E-state index contributed by atoms with van der Waals surface area (Å²) in [4.78, 5) is 41.5. The Kier molecular flexibility index (Phi) is 5.37. The summed E-state index contributed by atoms with van der Waals surface area (Å²) in [6, 6.07) is 8.96. The van der Waals surface area contributed by atoms with Crippen LogP contribution in [0.4, 0.5) is 15.8 Å². The molecule has 1 amide bonds. The minimum absolute atomic E-state index is 0.240. The van der Waals surface area contributed by atoms with E-state index in [9.17, 15) is 18.8 Å². The molecule has 8 nitrogen and oxygen atoms in total. The lowest BCUT2D eigenvalue weighted by atomic mass is 10.1. The lowest BCUT2D eigenvalue weighted by molar-refractivity contribution is 0.102. The van der Waals surface area contributed by atoms with Gasteiger partial charge in [0.05, 0.1) is 29.8 Å². The summed E-state index contributed by atoms with van der Waals surface area (Å²) in [6.07, 6.45) is 0. The van der Waals surface area contributed by atoms with Gasteiger partial charge in [-0.15, -0.1) is 0 Å². The fourth-order valence-electron chi connectivity index (χ4n) is 3.53. The highest BCUT2D eigenvalue weighted by atomic mass is 19.1. The molecule has 1 aliphatic heterocycles. The molecule has 4 rings (SSSR count). The van der Waals surface area contributed by atoms with Gasteiger partial charge in [0, 0.05) is 30.9 Å². The normalized spacial score (nSPS) is 14.1. The zero-order chi connectivity index (χ0) is 21.3. The van der Waals surface area contributed by atoms with E-state index in [2.05, 4.69) is 10.3 Å². The van der Waals surface area contributed by atoms with Crippen molar-refractivity contribution in [1.82, 2.24) is 9.55 Å². The fourth-order valence-corrected chi connectivity index (χ4v) is 3.53. The first-order chi connectivity index (χ1) is 14.5. The monoisotopic (exact) mass is 412 g/mol. The van der Waals surface area contributed by atoms with Gasteiger partial charge in [0.1, 0.15) is 5.82 Å². The number of ether oxygens (including phenoxy) is 1. The minimum Gasteiger partial charge on any atom is -0.378 e. The summed E-state index contributed by atoms with van der Waals surface area (Å²) in [5, 5.41) is 2.96. The fraction of sp³-hybridized carbons (Fsp3) is 0.286. The van der Waals surface area contributed by atoms with Crippen molar-refractivity contribution in [3.8, 4) is 0 Å². The number of benzene rings is 2. The van der Waals surface area contributed by atoms with Crippen LogP contribution in [0, 0.1) is 5.82 Å². The summed E-state index contributed by atoms with van der Waals surface area (Å²) in [5.74, 6) is -0.909. The molecule has 0 unspecified atom stereocenters. The SMILES string of the molecule is CCn1c(=O)[nH]c2cc(C(=O)Nc3ccc(N4CCOCC4)c(F)c3)ccc2c1=O. The van der Waals surface area contributed by atoms with Crippen LogP contribution in [-0.4, -0.2) is 41.8 Å². The number of aromatic nitrogens is 2. The maximum absolute atomic E-state index is 14.5. The van der Waals surface area contributed by atoms with E-state index in [4.69, 9.17) is 4.74 Å². The summed E-state index contributed by atoms with van der Waals surface area (Å²) in [6.45, 7) is 4.26. The number of aromatic amines is 1. The molecule has 1 aliphatic rings. The van der Waals surface area contributed by atoms with E-state index in [0.717, 1.165) is 4.57 Å². The first-order valence-electron chi connectivity index (χ1n) is 9.68. The molecule has 9 heteroatoms. The molecule has 3 aromatic rings. The Balaban J connectivity index is 1.58. The Labute approximate surface area is 170 Å². The topological polar surface area (TPSA) is 96.4 Å². The van der Waals surface area contributed by atoms with E-state index in [-0.39, 0.29) is 17.6 Å². The van der Waals surface area contributed by atoms with Gasteiger partial charge in [-0.1, -0.05) is 0 Å². The summed E-state index contributed by atoms with van der Waals surface area (Å²) < 4.78 is 20.9. The molecule has 0 spiro atoms. The number of nitrogens with one attached hydrogen (secondary N) is 2. The Hall–Kier alpha value is -3.46. The predicted octanol–water partition coefficient (Wildman–Crippen LogP) is 1.94. The van der Waals surface area contributed by atoms with Crippen LogP contribution < -0.4 is 21.5 Å². The van der Waals surface area contributed by atoms with Crippen LogP contribution in [0.2, 0.25) is 0 Å². The molecule has 1 aromatic heterocycles. The number of amides is 1. The first-order valence-corrected chi connectivity index (χ1v) is 9.68. The molecule has 0 saturated carbocycles. The van der Waals surface area contributed by atoms with Crippen molar-refractivity contribution in [3.05, 3.63) is 68.6 Å². The summed E-state index contributed by atoms with van der Waals surface area (Å²) in [7, 11) is 0. The second kappa shape index (κ2) is 8.11. The van der Waals surface area contributed by atoms with Crippen LogP contribution in [0.1, 0.15) is 17.3 Å². The standard InChI is InChI=1S/C21H21FN4O4/c1-2-26-20(28)15-5-3-13(11-17(15)24-21(26)29)19(27)23-14-4-6-18(16(22)12-14)25-7-9-30-10-8-25/h3-6,11-12H,2,7-10H2,1H3,(H,23,27)(H,24,29). The molecule has 0 atom stereocenters. The number of hydrogen-bond donors (Lipinski definition) is 2. The van der Waals surface area contributed by atoms with Gasteiger partial charge >= 0.3 is 5.69 Å². The summed E-state index contributed by atoms with van der Waals surface area (Å²) >= 11 is 0. The Morgan fingerprint density at radius 3 is 2.63 bits per heavy atom. The second-order valence-electron chi connectivity index (χ2n) is 6.96. The van der Waals surface area contributed by atoms with Crippen LogP contribution in [0.3, 0.4) is 0 Å². The number of fused-ring (bicyclic) bond motifs is 1. The molecule has 2 N–H and O–H groups in total. The Morgan fingerprint density at radius 2 is 1.93 bits per heavy atom. The summed E-state index contributed by atoms with van der Waals surface area (Å²) in [5.41, 5.74) is 0.342. The number of H-pyrrole nitrogens is 1. The lowest BCUT2D eigenvalue weighted by Crippen LogP contribution is -2.36. The molecule has 2 aromatic carbocycles. The first kappa shape index (κ1) is 19.8. The van der Waals surface area contributed by atoms with Gasteiger partial charge < -0.3 is 19.9 Å². The largest absolute Gasteiger partial charge is 0.378 e. The van der Waals surface area contributed by atoms with Crippen molar-refractivity contribution in [2.75, 3.05) is 36.5 Å². The average Bonchev–Trinajstić information content (AvgIpc) is 2.74. The van der Waals surface area contributed by atoms with E-state index in [1.54, 1.807) is 19.1 Å². The molecule has 2 heterocycles. The Morgan fingerprint density at radius 1 is 1.17 bits per heavy atom. The minimum atomic E-state index is -0.534. The molecule has 0 aliphatic carbocycles. The Bertz CT molecular complexity index is 1230. The van der Waals surface area contributed by atoms with Crippen molar-refractivity contribution in [3.63, 3.8) is 0 Å². The maximum atomic E-state index is 14.5. The molecule has 156 valence electrons. The highest BCUT2D eigenvalue weighted by Crippen LogP contribution is 2.24. The number of halogens is 1. The molecular formula is C21H21FN4O4. The van der Waals surface area contributed by atoms with E-state index in [1.165, 1.54) is 24.3 Å². The van der Waals surface area contributed by atoms with E-state index >= 15 is 0 Å². The molecule has 1 saturated heterocycles. The second-order valence-corrected chi connectivity index (χ2v) is 6.96. The van der Waals surface area contributed by atoms with E-state index in [0.29, 0.717) is 43.1 Å². The lowest BCUT2D eigenvalue weighted by Gasteiger charge is -2.29. The van der Waals surface area contributed by atoms with Crippen molar-refractivity contribution in [1.29, 1.82) is 0 Å². The van der Waals surface area contributed by atoms with Crippen LogP contribution in [0.15, 0.2) is 46.0 Å². The molecule has 1 fully saturated rings. The highest BCUT2D eigenvalue weighted by Gasteiger charge is 2.16. The van der Waals surface area contributed by atoms with Crippen molar-refractivity contribution in [2.45, 2.75) is 13.5 Å². The molecule has 0 bridgehead atoms. The third-order valence-electron chi connectivity index (χ3n) is 5.12. The smallest absolute Gasteiger partial charge is 0.328 e. The number of rotatable bonds is 4. The third-order valence-corrected chi connectivity index (χ3v) is 5.12. The van der Waals surface area contributed by atoms with E-state index in [1.807, 2.05) is 4.90 Å². The van der Waals surface area contributed by atoms with Crippen molar-refractivity contribution < 1.29 is 13.9 Å². The number of anilines is 2. The highest BCUT2D eigenvalue weighted by molar-refractivity contribution is 6.06. The van der Waals surface area contributed by atoms with Gasteiger partial charge in [-0.3, -0.25) is 14.2 Å². The quantitative estimate of drug-likeness (QED) is 0.683. The third kappa shape index (κ3) is 3.71. The predicted molar refractivity (Wildman–Crippen MR) is 112 cm³/mol. The molecule has 0 radical (unpaired) electrons. The van der Waals surface area contributed by atoms with Gasteiger partial charge in [-0.05, 0) is 43.3 Å². The van der Waals surface area contributed by atoms with Crippen LogP contribution >= 0.6 is 0 Å². The van der Waals surface area contributed by atoms with Crippen LogP contribution in [-0.2, 0) is 11.3 Å². The number of morpholine rings is 1. The van der Waals surface area contributed by atoms with Gasteiger partial charge in [0.2, 0.25) is 0 Å². The molecule has 30 heavy (non-hydrogen) atoms. The maximum Gasteiger partial charge on any atom is 0.328 e. The van der Waals surface area contributed by atoms with Gasteiger partial charge in [-0.2, -0.15) is 0 Å². The zero-order valence-electron chi connectivity index (χ0n) is 16.4. The van der Waals surface area contributed by atoms with Crippen molar-refractivity contribution >= 4 is 28.2 Å². The van der Waals surface area contributed by atoms with Gasteiger partial charge in [0.25, 0.3) is 11.5 Å². The zero-order valence-corrected chi connectivity index (χ0v) is 16.4. The molecular weight excluding hydrogens is 391 g/mol. The van der Waals surface area contributed by atoms with E-state index < -0.39 is 23.0 Å². The average molecular weight is 412 g/mol. The number of carbonyl (C=O) groups is 1. The number of carbonyl (C=O) groups excluding carboxylic acids is 1. The number of nitrogens with zero attached hydrogens (tertiary/aromatic N) is 2. The van der Waals surface area contributed by atoms with Gasteiger partial charge in [0.15, 0.2) is 0 Å². The van der Waals surface area contributed by atoms with Crippen LogP contribution in [0.25, 0.3) is 10.9 Å². The van der Waals surface area contributed by atoms with Crippen molar-refractivity contribution in [2.24, 2.45) is 0 Å². The van der Waals surface area contributed by atoms with Crippen LogP contribution in [0.5, 0.6) is 0 Å². The number of hydrogen-bond acceptors (Lipinski definition) is 5. The van der Waals surface area contributed by atoms with Gasteiger partial charge in [-0.25, -0.2) is 9.18 Å².